The molecular formula is C15H14ClF2NO. The van der Waals surface area contributed by atoms with Crippen molar-refractivity contribution in [2.75, 3.05) is 0 Å². The van der Waals surface area contributed by atoms with Crippen LogP contribution < -0.4 is 10.5 Å². The molecule has 0 spiro atoms. The fraction of sp³-hybridized carbons (Fsp3) is 0.200. The Balaban J connectivity index is 2.41. The number of benzene rings is 2. The van der Waals surface area contributed by atoms with Crippen molar-refractivity contribution in [2.45, 2.75) is 19.9 Å². The van der Waals surface area contributed by atoms with Gasteiger partial charge in [0.25, 0.3) is 0 Å². The summed E-state index contributed by atoms with van der Waals surface area (Å²) in [6, 6.07) is 6.53. The summed E-state index contributed by atoms with van der Waals surface area (Å²) in [5, 5.41) is -0.0383. The standard InChI is InChI=1S/C15H14ClF2NO/c1-8-5-15(11(9(2)19)7-14(8)18)20-10-3-4-13(17)12(16)6-10/h3-7,9H,19H2,1-2H3/t9-/m1/s1. The molecule has 0 heterocycles. The summed E-state index contributed by atoms with van der Waals surface area (Å²) >= 11 is 5.70. The van der Waals surface area contributed by atoms with Gasteiger partial charge in [0.05, 0.1) is 5.02 Å². The van der Waals surface area contributed by atoms with E-state index >= 15 is 0 Å². The molecule has 0 bridgehead atoms. The number of aryl methyl sites for hydroxylation is 1. The summed E-state index contributed by atoms with van der Waals surface area (Å²) in [6.45, 7) is 3.36. The zero-order valence-corrected chi connectivity index (χ0v) is 11.8. The number of halogens is 3. The highest BCUT2D eigenvalue weighted by atomic mass is 35.5. The van der Waals surface area contributed by atoms with E-state index in [-0.39, 0.29) is 10.8 Å². The Morgan fingerprint density at radius 1 is 1.15 bits per heavy atom. The average molecular weight is 298 g/mol. The number of hydrogen-bond donors (Lipinski definition) is 1. The normalized spacial score (nSPS) is 12.3. The third-order valence-corrected chi connectivity index (χ3v) is 3.19. The Morgan fingerprint density at radius 3 is 2.45 bits per heavy atom. The van der Waals surface area contributed by atoms with Crippen molar-refractivity contribution in [3.05, 3.63) is 58.1 Å². The zero-order valence-electron chi connectivity index (χ0n) is 11.1. The second kappa shape index (κ2) is 5.77. The van der Waals surface area contributed by atoms with Crippen molar-refractivity contribution < 1.29 is 13.5 Å². The highest BCUT2D eigenvalue weighted by Crippen LogP contribution is 2.32. The molecule has 2 nitrogen and oxygen atoms in total. The fourth-order valence-electron chi connectivity index (χ4n) is 1.78. The largest absolute Gasteiger partial charge is 0.457 e. The van der Waals surface area contributed by atoms with Gasteiger partial charge in [0.2, 0.25) is 0 Å². The molecule has 20 heavy (non-hydrogen) atoms. The van der Waals surface area contributed by atoms with Crippen LogP contribution in [-0.2, 0) is 0 Å². The average Bonchev–Trinajstić information content (AvgIpc) is 2.37. The van der Waals surface area contributed by atoms with Gasteiger partial charge in [-0.15, -0.1) is 0 Å². The SMILES string of the molecule is Cc1cc(Oc2ccc(F)c(Cl)c2)c([C@@H](C)N)cc1F. The van der Waals surface area contributed by atoms with Crippen LogP contribution in [0.15, 0.2) is 30.3 Å². The predicted octanol–water partition coefficient (Wildman–Crippen LogP) is 4.74. The molecule has 0 aliphatic rings. The minimum absolute atomic E-state index is 0.0383. The van der Waals surface area contributed by atoms with Gasteiger partial charge in [0, 0.05) is 17.7 Å². The van der Waals surface area contributed by atoms with Gasteiger partial charge in [-0.3, -0.25) is 0 Å². The van der Waals surface area contributed by atoms with E-state index in [1.165, 1.54) is 24.3 Å². The van der Waals surface area contributed by atoms with Crippen molar-refractivity contribution in [3.8, 4) is 11.5 Å². The van der Waals surface area contributed by atoms with E-state index in [9.17, 15) is 8.78 Å². The van der Waals surface area contributed by atoms with Crippen LogP contribution in [0.25, 0.3) is 0 Å². The van der Waals surface area contributed by atoms with E-state index in [0.29, 0.717) is 22.6 Å². The third-order valence-electron chi connectivity index (χ3n) is 2.90. The van der Waals surface area contributed by atoms with Crippen molar-refractivity contribution in [1.82, 2.24) is 0 Å². The van der Waals surface area contributed by atoms with E-state index < -0.39 is 11.9 Å². The van der Waals surface area contributed by atoms with Crippen molar-refractivity contribution in [2.24, 2.45) is 5.73 Å². The molecule has 0 aromatic heterocycles. The van der Waals surface area contributed by atoms with E-state index in [1.807, 2.05) is 0 Å². The molecule has 2 aromatic rings. The number of hydrogen-bond acceptors (Lipinski definition) is 2. The first kappa shape index (κ1) is 14.8. The van der Waals surface area contributed by atoms with Crippen LogP contribution in [0.4, 0.5) is 8.78 Å². The van der Waals surface area contributed by atoms with E-state index in [0.717, 1.165) is 0 Å². The lowest BCUT2D eigenvalue weighted by Gasteiger charge is -2.15. The van der Waals surface area contributed by atoms with Gasteiger partial charge in [-0.05, 0) is 43.7 Å². The maximum Gasteiger partial charge on any atom is 0.142 e. The Kier molecular flexibility index (Phi) is 4.26. The first-order chi connectivity index (χ1) is 9.38. The molecule has 5 heteroatoms. The predicted molar refractivity (Wildman–Crippen MR) is 75.2 cm³/mol. The van der Waals surface area contributed by atoms with E-state index in [1.54, 1.807) is 19.9 Å². The van der Waals surface area contributed by atoms with Gasteiger partial charge >= 0.3 is 0 Å². The summed E-state index contributed by atoms with van der Waals surface area (Å²) in [5.74, 6) is -0.0746. The Bertz CT molecular complexity index is 644. The minimum atomic E-state index is -0.526. The molecule has 0 radical (unpaired) electrons. The highest BCUT2D eigenvalue weighted by molar-refractivity contribution is 6.30. The van der Waals surface area contributed by atoms with Crippen LogP contribution in [0.3, 0.4) is 0 Å². The summed E-state index contributed by atoms with van der Waals surface area (Å²) in [5.41, 5.74) is 6.79. The Hall–Kier alpha value is -1.65. The minimum Gasteiger partial charge on any atom is -0.457 e. The molecule has 0 fully saturated rings. The molecule has 0 aliphatic heterocycles. The van der Waals surface area contributed by atoms with Crippen LogP contribution in [0, 0.1) is 18.6 Å². The summed E-state index contributed by atoms with van der Waals surface area (Å²) in [4.78, 5) is 0. The molecule has 2 N–H and O–H groups in total. The fourth-order valence-corrected chi connectivity index (χ4v) is 1.95. The van der Waals surface area contributed by atoms with Crippen molar-refractivity contribution in [3.63, 3.8) is 0 Å². The number of rotatable bonds is 3. The number of nitrogens with two attached hydrogens (primary N) is 1. The molecule has 0 saturated heterocycles. The van der Waals surface area contributed by atoms with Gasteiger partial charge < -0.3 is 10.5 Å². The Morgan fingerprint density at radius 2 is 1.85 bits per heavy atom. The zero-order chi connectivity index (χ0) is 14.9. The molecule has 0 unspecified atom stereocenters. The van der Waals surface area contributed by atoms with Gasteiger partial charge in [-0.25, -0.2) is 8.78 Å². The van der Waals surface area contributed by atoms with Crippen LogP contribution in [0.2, 0.25) is 5.02 Å². The smallest absolute Gasteiger partial charge is 0.142 e. The maximum atomic E-state index is 13.6. The quantitative estimate of drug-likeness (QED) is 0.888. The molecule has 106 valence electrons. The maximum absolute atomic E-state index is 13.6. The monoisotopic (exact) mass is 297 g/mol. The Labute approximate surface area is 121 Å². The molecule has 2 rings (SSSR count). The highest BCUT2D eigenvalue weighted by Gasteiger charge is 2.13. The molecule has 0 amide bonds. The summed E-state index contributed by atoms with van der Waals surface area (Å²) in [7, 11) is 0. The van der Waals surface area contributed by atoms with Gasteiger partial charge in [0.1, 0.15) is 23.1 Å². The summed E-state index contributed by atoms with van der Waals surface area (Å²) in [6.07, 6.45) is 0. The van der Waals surface area contributed by atoms with Crippen LogP contribution in [-0.4, -0.2) is 0 Å². The van der Waals surface area contributed by atoms with Gasteiger partial charge in [-0.2, -0.15) is 0 Å². The van der Waals surface area contributed by atoms with E-state index in [4.69, 9.17) is 22.1 Å². The lowest BCUT2D eigenvalue weighted by atomic mass is 10.1. The second-order valence-electron chi connectivity index (χ2n) is 4.61. The van der Waals surface area contributed by atoms with E-state index in [2.05, 4.69) is 0 Å². The topological polar surface area (TPSA) is 35.2 Å². The lowest BCUT2D eigenvalue weighted by molar-refractivity contribution is 0.466. The summed E-state index contributed by atoms with van der Waals surface area (Å²) < 4.78 is 32.3. The molecule has 1 atom stereocenters. The number of ether oxygens (including phenoxy) is 1. The molecule has 0 saturated carbocycles. The van der Waals surface area contributed by atoms with Crippen molar-refractivity contribution >= 4 is 11.6 Å². The lowest BCUT2D eigenvalue weighted by Crippen LogP contribution is -2.08. The molecule has 0 aliphatic carbocycles. The second-order valence-corrected chi connectivity index (χ2v) is 5.01. The first-order valence-corrected chi connectivity index (χ1v) is 6.45. The van der Waals surface area contributed by atoms with Gasteiger partial charge in [0.15, 0.2) is 0 Å². The van der Waals surface area contributed by atoms with Crippen LogP contribution in [0.1, 0.15) is 24.1 Å². The van der Waals surface area contributed by atoms with Crippen LogP contribution in [0.5, 0.6) is 11.5 Å². The molecule has 2 aromatic carbocycles. The third kappa shape index (κ3) is 3.08. The molecular weight excluding hydrogens is 284 g/mol. The van der Waals surface area contributed by atoms with Crippen LogP contribution >= 0.6 is 11.6 Å². The van der Waals surface area contributed by atoms with Gasteiger partial charge in [-0.1, -0.05) is 11.6 Å². The first-order valence-electron chi connectivity index (χ1n) is 6.07. The van der Waals surface area contributed by atoms with Crippen molar-refractivity contribution in [1.29, 1.82) is 0 Å².